The van der Waals surface area contributed by atoms with Crippen molar-refractivity contribution in [3.05, 3.63) is 45.3 Å². The van der Waals surface area contributed by atoms with Crippen LogP contribution < -0.4 is 5.73 Å². The van der Waals surface area contributed by atoms with Crippen molar-refractivity contribution >= 4 is 51.2 Å². The molecule has 5 nitrogen and oxygen atoms in total. The van der Waals surface area contributed by atoms with E-state index in [1.54, 1.807) is 18.2 Å². The van der Waals surface area contributed by atoms with Crippen LogP contribution in [0.4, 0.5) is 5.82 Å². The number of rotatable bonds is 7. The van der Waals surface area contributed by atoms with E-state index >= 15 is 0 Å². The van der Waals surface area contributed by atoms with Gasteiger partial charge in [-0.1, -0.05) is 23.2 Å². The first kappa shape index (κ1) is 20.8. The molecule has 1 fully saturated rings. The molecule has 8 heteroatoms. The predicted molar refractivity (Wildman–Crippen MR) is 120 cm³/mol. The molecule has 1 saturated carbocycles. The number of nitrogens with two attached hydrogens (primary N) is 1. The molecule has 2 aromatic heterocycles. The Hall–Kier alpha value is -1.47. The van der Waals surface area contributed by atoms with E-state index in [9.17, 15) is 4.55 Å². The number of nitrogens with zero attached hydrogens (tertiary/aromatic N) is 3. The first-order valence-corrected chi connectivity index (χ1v) is 11.9. The minimum Gasteiger partial charge on any atom is -0.611 e. The molecule has 3 aromatic rings. The van der Waals surface area contributed by atoms with E-state index < -0.39 is 11.2 Å². The second kappa shape index (κ2) is 8.34. The standard InChI is InChI=1S/C21H24Cl2N4OS/c1-12-13(2)25-21(24)19-20(12)27(18(26-19)10-14-4-5-14)8-3-9-29(28)17-7-6-15(22)11-16(17)23/h6-7,11,14H,3-5,8-10H2,1-2H3,(H2,24,25). The van der Waals surface area contributed by atoms with Crippen LogP contribution in [0.2, 0.25) is 10.0 Å². The number of anilines is 1. The Labute approximate surface area is 183 Å². The summed E-state index contributed by atoms with van der Waals surface area (Å²) in [5.41, 5.74) is 10.0. The molecule has 154 valence electrons. The van der Waals surface area contributed by atoms with Gasteiger partial charge in [0.15, 0.2) is 10.7 Å². The molecule has 4 rings (SSSR count). The number of aryl methyl sites for hydroxylation is 3. The van der Waals surface area contributed by atoms with Gasteiger partial charge in [0.25, 0.3) is 0 Å². The van der Waals surface area contributed by atoms with Gasteiger partial charge in [-0.3, -0.25) is 0 Å². The number of nitrogen functional groups attached to an aromatic ring is 1. The highest BCUT2D eigenvalue weighted by Crippen LogP contribution is 2.35. The average molecular weight is 451 g/mol. The van der Waals surface area contributed by atoms with Crippen LogP contribution in [0.1, 0.15) is 36.3 Å². The van der Waals surface area contributed by atoms with E-state index in [0.29, 0.717) is 32.4 Å². The second-order valence-electron chi connectivity index (χ2n) is 7.71. The number of halogens is 2. The van der Waals surface area contributed by atoms with Gasteiger partial charge in [-0.25, -0.2) is 9.97 Å². The minimum atomic E-state index is -1.18. The van der Waals surface area contributed by atoms with E-state index in [2.05, 4.69) is 16.5 Å². The Bertz CT molecular complexity index is 1060. The lowest BCUT2D eigenvalue weighted by molar-refractivity contribution is 0.581. The van der Waals surface area contributed by atoms with Gasteiger partial charge in [-0.2, -0.15) is 0 Å². The van der Waals surface area contributed by atoms with E-state index in [-0.39, 0.29) is 0 Å². The first-order valence-electron chi connectivity index (χ1n) is 9.80. The molecular formula is C21H24Cl2N4OS. The highest BCUT2D eigenvalue weighted by molar-refractivity contribution is 7.91. The van der Waals surface area contributed by atoms with Crippen LogP contribution in [0, 0.1) is 19.8 Å². The third-order valence-corrected chi connectivity index (χ3v) is 7.66. The molecular weight excluding hydrogens is 427 g/mol. The fourth-order valence-corrected chi connectivity index (χ4v) is 5.42. The summed E-state index contributed by atoms with van der Waals surface area (Å²) in [6, 6.07) is 5.10. The molecule has 0 spiro atoms. The molecule has 2 heterocycles. The highest BCUT2D eigenvalue weighted by atomic mass is 35.5. The van der Waals surface area contributed by atoms with Crippen LogP contribution in [0.25, 0.3) is 11.0 Å². The van der Waals surface area contributed by atoms with Gasteiger partial charge in [0.05, 0.1) is 10.5 Å². The van der Waals surface area contributed by atoms with Crippen molar-refractivity contribution in [2.45, 2.75) is 51.0 Å². The summed E-state index contributed by atoms with van der Waals surface area (Å²) in [5.74, 6) is 2.77. The molecule has 29 heavy (non-hydrogen) atoms. The molecule has 1 atom stereocenters. The summed E-state index contributed by atoms with van der Waals surface area (Å²) in [4.78, 5) is 9.91. The van der Waals surface area contributed by atoms with E-state index in [1.165, 1.54) is 12.8 Å². The fraction of sp³-hybridized carbons (Fsp3) is 0.429. The van der Waals surface area contributed by atoms with Gasteiger partial charge in [0, 0.05) is 30.1 Å². The van der Waals surface area contributed by atoms with E-state index in [0.717, 1.165) is 47.5 Å². The van der Waals surface area contributed by atoms with Gasteiger partial charge >= 0.3 is 0 Å². The van der Waals surface area contributed by atoms with Gasteiger partial charge in [-0.05, 0) is 67.5 Å². The Morgan fingerprint density at radius 1 is 1.24 bits per heavy atom. The van der Waals surface area contributed by atoms with Crippen molar-refractivity contribution in [2.24, 2.45) is 5.92 Å². The Kier molecular flexibility index (Phi) is 5.98. The van der Waals surface area contributed by atoms with Crippen LogP contribution in [-0.4, -0.2) is 24.8 Å². The topological polar surface area (TPSA) is 79.8 Å². The third kappa shape index (κ3) is 4.36. The Morgan fingerprint density at radius 3 is 2.69 bits per heavy atom. The third-order valence-electron chi connectivity index (χ3n) is 5.49. The number of hydrogen-bond acceptors (Lipinski definition) is 4. The zero-order valence-electron chi connectivity index (χ0n) is 16.5. The van der Waals surface area contributed by atoms with Crippen molar-refractivity contribution in [1.29, 1.82) is 0 Å². The first-order chi connectivity index (χ1) is 13.8. The van der Waals surface area contributed by atoms with Gasteiger partial charge in [-0.15, -0.1) is 0 Å². The van der Waals surface area contributed by atoms with Crippen LogP contribution in [0.5, 0.6) is 0 Å². The zero-order valence-corrected chi connectivity index (χ0v) is 18.9. The second-order valence-corrected chi connectivity index (χ2v) is 10.1. The zero-order chi connectivity index (χ0) is 20.7. The molecule has 2 N–H and O–H groups in total. The Morgan fingerprint density at radius 2 is 2.00 bits per heavy atom. The average Bonchev–Trinajstić information content (AvgIpc) is 3.40. The van der Waals surface area contributed by atoms with Crippen molar-refractivity contribution in [2.75, 3.05) is 11.5 Å². The SMILES string of the molecule is Cc1nc(N)c2nc(CC3CC3)n(CCC[S+]([O-])c3ccc(Cl)cc3Cl)c2c1C. The minimum absolute atomic E-state index is 0.448. The number of imidazole rings is 1. The normalized spacial score (nSPS) is 15.2. The van der Waals surface area contributed by atoms with Gasteiger partial charge < -0.3 is 14.9 Å². The summed E-state index contributed by atoms with van der Waals surface area (Å²) >= 11 is 11.0. The van der Waals surface area contributed by atoms with Crippen LogP contribution in [0.15, 0.2) is 23.1 Å². The number of aromatic nitrogens is 3. The smallest absolute Gasteiger partial charge is 0.171 e. The van der Waals surface area contributed by atoms with Gasteiger partial charge in [0.1, 0.15) is 17.1 Å². The van der Waals surface area contributed by atoms with E-state index in [4.69, 9.17) is 33.9 Å². The number of pyridine rings is 1. The molecule has 0 radical (unpaired) electrons. The quantitative estimate of drug-likeness (QED) is 0.508. The van der Waals surface area contributed by atoms with Crippen molar-refractivity contribution < 1.29 is 4.55 Å². The molecule has 1 unspecified atom stereocenters. The summed E-state index contributed by atoms with van der Waals surface area (Å²) in [5, 5.41) is 0.992. The maximum atomic E-state index is 12.7. The monoisotopic (exact) mass is 450 g/mol. The van der Waals surface area contributed by atoms with Crippen molar-refractivity contribution in [3.63, 3.8) is 0 Å². The van der Waals surface area contributed by atoms with Crippen LogP contribution in [-0.2, 0) is 24.1 Å². The molecule has 0 bridgehead atoms. The maximum absolute atomic E-state index is 12.7. The largest absolute Gasteiger partial charge is 0.611 e. The lowest BCUT2D eigenvalue weighted by Crippen LogP contribution is -2.13. The molecule has 1 aliphatic carbocycles. The summed E-state index contributed by atoms with van der Waals surface area (Å²) in [6.45, 7) is 4.77. The van der Waals surface area contributed by atoms with Crippen LogP contribution >= 0.6 is 23.2 Å². The van der Waals surface area contributed by atoms with Crippen molar-refractivity contribution in [1.82, 2.24) is 14.5 Å². The number of fused-ring (bicyclic) bond motifs is 1. The highest BCUT2D eigenvalue weighted by Gasteiger charge is 2.26. The lowest BCUT2D eigenvalue weighted by Gasteiger charge is -2.14. The summed E-state index contributed by atoms with van der Waals surface area (Å²) in [6.07, 6.45) is 4.22. The number of benzene rings is 1. The van der Waals surface area contributed by atoms with E-state index in [1.807, 2.05) is 6.92 Å². The van der Waals surface area contributed by atoms with Crippen molar-refractivity contribution in [3.8, 4) is 0 Å². The van der Waals surface area contributed by atoms with Crippen LogP contribution in [0.3, 0.4) is 0 Å². The molecule has 0 saturated heterocycles. The molecule has 0 aliphatic heterocycles. The molecule has 1 aliphatic rings. The Balaban J connectivity index is 1.57. The summed E-state index contributed by atoms with van der Waals surface area (Å²) in [7, 11) is 0. The molecule has 0 amide bonds. The van der Waals surface area contributed by atoms with Gasteiger partial charge in [0.2, 0.25) is 0 Å². The summed E-state index contributed by atoms with van der Waals surface area (Å²) < 4.78 is 15.0. The molecule has 1 aromatic carbocycles. The predicted octanol–water partition coefficient (Wildman–Crippen LogP) is 5.09. The number of hydrogen-bond donors (Lipinski definition) is 1. The maximum Gasteiger partial charge on any atom is 0.171 e. The fourth-order valence-electron chi connectivity index (χ4n) is 3.65. The lowest BCUT2D eigenvalue weighted by atomic mass is 10.2.